The van der Waals surface area contributed by atoms with Crippen LogP contribution in [0.3, 0.4) is 0 Å². The van der Waals surface area contributed by atoms with E-state index in [4.69, 9.17) is 16.0 Å². The molecule has 0 aromatic carbocycles. The number of halogens is 4. The second-order valence-electron chi connectivity index (χ2n) is 5.00. The van der Waals surface area contributed by atoms with Gasteiger partial charge in [0, 0.05) is 17.5 Å². The van der Waals surface area contributed by atoms with Crippen molar-refractivity contribution >= 4 is 11.6 Å². The van der Waals surface area contributed by atoms with Gasteiger partial charge in [0.1, 0.15) is 22.2 Å². The van der Waals surface area contributed by atoms with E-state index in [9.17, 15) is 18.3 Å². The maximum absolute atomic E-state index is 12.6. The Morgan fingerprint density at radius 3 is 2.67 bits per heavy atom. The fourth-order valence-corrected chi connectivity index (χ4v) is 3.03. The van der Waals surface area contributed by atoms with Gasteiger partial charge in [0.2, 0.25) is 0 Å². The van der Waals surface area contributed by atoms with E-state index in [1.165, 1.54) is 12.3 Å². The predicted octanol–water partition coefficient (Wildman–Crippen LogP) is 3.92. The Kier molecular flexibility index (Phi) is 3.26. The normalized spacial score (nSPS) is 22.1. The molecule has 1 N–H and O–H groups in total. The van der Waals surface area contributed by atoms with Gasteiger partial charge in [-0.05, 0) is 25.0 Å². The molecule has 0 aliphatic heterocycles. The Hall–Kier alpha value is -1.53. The van der Waals surface area contributed by atoms with Crippen LogP contribution in [0.5, 0.6) is 0 Å². The van der Waals surface area contributed by atoms with Gasteiger partial charge in [0.15, 0.2) is 0 Å². The van der Waals surface area contributed by atoms with Gasteiger partial charge in [0.05, 0.1) is 6.26 Å². The first-order valence-electron chi connectivity index (χ1n) is 6.36. The van der Waals surface area contributed by atoms with Crippen LogP contribution in [-0.2, 0) is 18.2 Å². The number of pyridine rings is 1. The summed E-state index contributed by atoms with van der Waals surface area (Å²) in [5.41, 5.74) is -1.84. The molecule has 2 aromatic heterocycles. The molecule has 3 rings (SSSR count). The third-order valence-corrected chi connectivity index (χ3v) is 4.01. The monoisotopic (exact) mass is 317 g/mol. The predicted molar refractivity (Wildman–Crippen MR) is 68.9 cm³/mol. The second-order valence-corrected chi connectivity index (χ2v) is 5.36. The molecule has 1 aliphatic carbocycles. The lowest BCUT2D eigenvalue weighted by Crippen LogP contribution is -2.31. The number of rotatable bonds is 1. The third-order valence-electron chi connectivity index (χ3n) is 3.72. The number of furan rings is 1. The van der Waals surface area contributed by atoms with Crippen LogP contribution in [0.1, 0.15) is 35.4 Å². The molecule has 2 heterocycles. The minimum atomic E-state index is -4.57. The molecule has 3 nitrogen and oxygen atoms in total. The van der Waals surface area contributed by atoms with Crippen LogP contribution in [0.4, 0.5) is 13.2 Å². The van der Waals surface area contributed by atoms with Gasteiger partial charge in [-0.3, -0.25) is 0 Å². The number of hydrogen-bond donors (Lipinski definition) is 1. The summed E-state index contributed by atoms with van der Waals surface area (Å²) in [5.74, 6) is 0.625. The second kappa shape index (κ2) is 4.74. The summed E-state index contributed by atoms with van der Waals surface area (Å²) in [4.78, 5) is 3.37. The zero-order valence-electron chi connectivity index (χ0n) is 10.7. The number of nitrogens with zero attached hydrogens (tertiary/aromatic N) is 1. The summed E-state index contributed by atoms with van der Waals surface area (Å²) in [7, 11) is 0. The molecule has 0 spiro atoms. The van der Waals surface area contributed by atoms with Gasteiger partial charge in [-0.15, -0.1) is 0 Å². The number of alkyl halides is 3. The lowest BCUT2D eigenvalue weighted by molar-refractivity contribution is -0.141. The topological polar surface area (TPSA) is 46.3 Å². The molecular formula is C14H11ClF3NO2. The number of aliphatic hydroxyl groups is 1. The first-order valence-corrected chi connectivity index (χ1v) is 6.73. The van der Waals surface area contributed by atoms with Crippen LogP contribution in [0.15, 0.2) is 28.9 Å². The Bertz CT molecular complexity index is 683. The van der Waals surface area contributed by atoms with Gasteiger partial charge < -0.3 is 9.52 Å². The minimum Gasteiger partial charge on any atom is -0.469 e. The average Bonchev–Trinajstić information content (AvgIpc) is 2.87. The molecule has 0 amide bonds. The molecule has 1 atom stereocenters. The smallest absolute Gasteiger partial charge is 0.433 e. The van der Waals surface area contributed by atoms with Gasteiger partial charge in [-0.2, -0.15) is 13.2 Å². The molecule has 0 saturated carbocycles. The van der Waals surface area contributed by atoms with Crippen molar-refractivity contribution in [3.63, 3.8) is 0 Å². The highest BCUT2D eigenvalue weighted by atomic mass is 35.5. The first-order chi connectivity index (χ1) is 9.82. The quantitative estimate of drug-likeness (QED) is 0.811. The largest absolute Gasteiger partial charge is 0.469 e. The van der Waals surface area contributed by atoms with Crippen LogP contribution < -0.4 is 0 Å². The molecule has 0 saturated heterocycles. The molecule has 7 heteroatoms. The number of aromatic nitrogens is 1. The lowest BCUT2D eigenvalue weighted by atomic mass is 9.78. The number of aryl methyl sites for hydroxylation is 1. The van der Waals surface area contributed by atoms with Crippen molar-refractivity contribution in [1.29, 1.82) is 0 Å². The Labute approximate surface area is 123 Å². The molecular weight excluding hydrogens is 307 g/mol. The van der Waals surface area contributed by atoms with Gasteiger partial charge in [-0.25, -0.2) is 4.98 Å². The summed E-state index contributed by atoms with van der Waals surface area (Å²) in [5, 5.41) is 10.5. The summed E-state index contributed by atoms with van der Waals surface area (Å²) in [6, 6.07) is 3.62. The van der Waals surface area contributed by atoms with E-state index in [1.54, 1.807) is 6.07 Å². The van der Waals surface area contributed by atoms with E-state index in [0.717, 1.165) is 6.07 Å². The van der Waals surface area contributed by atoms with Crippen LogP contribution in [0.2, 0.25) is 5.15 Å². The molecule has 0 bridgehead atoms. The highest BCUT2D eigenvalue weighted by Gasteiger charge is 2.41. The van der Waals surface area contributed by atoms with Crippen molar-refractivity contribution in [2.45, 2.75) is 31.0 Å². The summed E-state index contributed by atoms with van der Waals surface area (Å²) in [6.45, 7) is 0. The van der Waals surface area contributed by atoms with E-state index in [0.29, 0.717) is 30.6 Å². The molecule has 0 fully saturated rings. The zero-order chi connectivity index (χ0) is 15.3. The lowest BCUT2D eigenvalue weighted by Gasteiger charge is -2.32. The van der Waals surface area contributed by atoms with E-state index in [2.05, 4.69) is 4.98 Å². The Morgan fingerprint density at radius 2 is 2.00 bits per heavy atom. The maximum atomic E-state index is 12.6. The van der Waals surface area contributed by atoms with Crippen LogP contribution in [0.25, 0.3) is 0 Å². The van der Waals surface area contributed by atoms with Crippen LogP contribution in [0, 0.1) is 0 Å². The van der Waals surface area contributed by atoms with Crippen molar-refractivity contribution in [2.75, 3.05) is 0 Å². The molecule has 2 aromatic rings. The molecule has 1 unspecified atom stereocenters. The summed E-state index contributed by atoms with van der Waals surface area (Å²) < 4.78 is 43.2. The fraction of sp³-hybridized carbons (Fsp3) is 0.357. The van der Waals surface area contributed by atoms with E-state index < -0.39 is 17.5 Å². The molecule has 21 heavy (non-hydrogen) atoms. The highest BCUT2D eigenvalue weighted by Crippen LogP contribution is 2.43. The third kappa shape index (κ3) is 2.32. The SMILES string of the molecule is OC1(c2ccc(C(F)(F)F)nc2Cl)CCCc2occc21. The zero-order valence-corrected chi connectivity index (χ0v) is 11.5. The van der Waals surface area contributed by atoms with Crippen molar-refractivity contribution in [3.8, 4) is 0 Å². The summed E-state index contributed by atoms with van der Waals surface area (Å²) in [6.07, 6.45) is -1.44. The Morgan fingerprint density at radius 1 is 1.24 bits per heavy atom. The van der Waals surface area contributed by atoms with E-state index in [1.807, 2.05) is 0 Å². The maximum Gasteiger partial charge on any atom is 0.433 e. The molecule has 112 valence electrons. The minimum absolute atomic E-state index is 0.166. The van der Waals surface area contributed by atoms with Crippen molar-refractivity contribution < 1.29 is 22.7 Å². The number of fused-ring (bicyclic) bond motifs is 1. The number of hydrogen-bond acceptors (Lipinski definition) is 3. The van der Waals surface area contributed by atoms with Crippen LogP contribution in [-0.4, -0.2) is 10.1 Å². The standard InChI is InChI=1S/C14H11ClF3NO2/c15-12-9(3-4-11(19-12)14(16,17)18)13(20)6-1-2-10-8(13)5-7-21-10/h3-5,7,20H,1-2,6H2. The Balaban J connectivity index is 2.10. The first kappa shape index (κ1) is 14.4. The van der Waals surface area contributed by atoms with E-state index >= 15 is 0 Å². The van der Waals surface area contributed by atoms with Crippen molar-refractivity contribution in [3.05, 3.63) is 52.2 Å². The van der Waals surface area contributed by atoms with E-state index in [-0.39, 0.29) is 10.7 Å². The molecule has 0 radical (unpaired) electrons. The highest BCUT2D eigenvalue weighted by molar-refractivity contribution is 6.30. The summed E-state index contributed by atoms with van der Waals surface area (Å²) >= 11 is 5.89. The van der Waals surface area contributed by atoms with Crippen molar-refractivity contribution in [1.82, 2.24) is 4.98 Å². The van der Waals surface area contributed by atoms with Gasteiger partial charge >= 0.3 is 6.18 Å². The van der Waals surface area contributed by atoms with Gasteiger partial charge in [-0.1, -0.05) is 17.7 Å². The van der Waals surface area contributed by atoms with Crippen molar-refractivity contribution in [2.24, 2.45) is 0 Å². The molecule has 1 aliphatic rings. The van der Waals surface area contributed by atoms with Crippen LogP contribution >= 0.6 is 11.6 Å². The fourth-order valence-electron chi connectivity index (χ4n) is 2.72. The van der Waals surface area contributed by atoms with Gasteiger partial charge in [0.25, 0.3) is 0 Å². The average molecular weight is 318 g/mol.